The molecular weight excluding hydrogens is 340 g/mol. The Morgan fingerprint density at radius 2 is 1.92 bits per heavy atom. The molecule has 2 aromatic carbocycles. The lowest BCUT2D eigenvalue weighted by atomic mass is 10.1. The predicted octanol–water partition coefficient (Wildman–Crippen LogP) is 3.73. The number of amides is 1. The predicted molar refractivity (Wildman–Crippen MR) is 94.8 cm³/mol. The van der Waals surface area contributed by atoms with E-state index in [-0.39, 0.29) is 11.3 Å². The number of aryl methyl sites for hydroxylation is 1. The first-order valence-electron chi connectivity index (χ1n) is 7.34. The Morgan fingerprint density at radius 1 is 1.20 bits per heavy atom. The number of carbonyl (C=O) groups excluding carboxylic acids is 1. The van der Waals surface area contributed by atoms with Gasteiger partial charge in [0.25, 0.3) is 11.6 Å². The van der Waals surface area contributed by atoms with E-state index in [4.69, 9.17) is 0 Å². The van der Waals surface area contributed by atoms with E-state index in [0.29, 0.717) is 5.69 Å². The third-order valence-electron chi connectivity index (χ3n) is 3.44. The van der Waals surface area contributed by atoms with Gasteiger partial charge in [0.1, 0.15) is 5.56 Å². The van der Waals surface area contributed by atoms with Crippen molar-refractivity contribution in [2.24, 2.45) is 7.05 Å². The van der Waals surface area contributed by atoms with Crippen LogP contribution in [0.3, 0.4) is 0 Å². The van der Waals surface area contributed by atoms with Gasteiger partial charge in [-0.2, -0.15) is 0 Å². The molecule has 0 aliphatic heterocycles. The Labute approximate surface area is 147 Å². The van der Waals surface area contributed by atoms with Crippen molar-refractivity contribution >= 4 is 29.0 Å². The minimum atomic E-state index is -0.568. The standard InChI is InChI=1S/C17H14N4O3S/c1-20-11-10-18-17(20)25-13-8-6-12(7-9-13)19-16(22)14-4-2-3-5-15(14)21(23)24/h2-11H,1H3,(H,19,22). The van der Waals surface area contributed by atoms with Gasteiger partial charge in [-0.1, -0.05) is 23.9 Å². The number of carbonyl (C=O) groups is 1. The molecule has 0 unspecified atom stereocenters. The molecule has 0 spiro atoms. The molecule has 0 aliphatic carbocycles. The summed E-state index contributed by atoms with van der Waals surface area (Å²) < 4.78 is 1.91. The van der Waals surface area contributed by atoms with Gasteiger partial charge < -0.3 is 9.88 Å². The molecule has 3 aromatic rings. The van der Waals surface area contributed by atoms with Crippen LogP contribution in [0.4, 0.5) is 11.4 Å². The minimum Gasteiger partial charge on any atom is -0.329 e. The summed E-state index contributed by atoms with van der Waals surface area (Å²) in [6.07, 6.45) is 3.59. The van der Waals surface area contributed by atoms with Crippen LogP contribution in [0.25, 0.3) is 0 Å². The highest BCUT2D eigenvalue weighted by Gasteiger charge is 2.19. The number of aromatic nitrogens is 2. The van der Waals surface area contributed by atoms with E-state index in [1.807, 2.05) is 29.9 Å². The maximum Gasteiger partial charge on any atom is 0.282 e. The van der Waals surface area contributed by atoms with Crippen molar-refractivity contribution in [2.75, 3.05) is 5.32 Å². The second-order valence-electron chi connectivity index (χ2n) is 5.18. The fraction of sp³-hybridized carbons (Fsp3) is 0.0588. The van der Waals surface area contributed by atoms with Crippen molar-refractivity contribution in [3.8, 4) is 0 Å². The normalized spacial score (nSPS) is 10.4. The van der Waals surface area contributed by atoms with Crippen LogP contribution >= 0.6 is 11.8 Å². The van der Waals surface area contributed by atoms with Gasteiger partial charge in [-0.25, -0.2) is 4.98 Å². The van der Waals surface area contributed by atoms with Crippen LogP contribution in [-0.2, 0) is 7.05 Å². The number of nitro benzene ring substituents is 1. The topological polar surface area (TPSA) is 90.1 Å². The second-order valence-corrected chi connectivity index (χ2v) is 6.22. The Morgan fingerprint density at radius 3 is 2.56 bits per heavy atom. The van der Waals surface area contributed by atoms with Gasteiger partial charge in [0.15, 0.2) is 5.16 Å². The van der Waals surface area contributed by atoms with Gasteiger partial charge in [-0.05, 0) is 30.3 Å². The van der Waals surface area contributed by atoms with Crippen LogP contribution in [-0.4, -0.2) is 20.4 Å². The van der Waals surface area contributed by atoms with Crippen molar-refractivity contribution in [3.05, 3.63) is 76.6 Å². The van der Waals surface area contributed by atoms with E-state index < -0.39 is 10.8 Å². The number of hydrogen-bond acceptors (Lipinski definition) is 5. The van der Waals surface area contributed by atoms with Crippen molar-refractivity contribution < 1.29 is 9.72 Å². The quantitative estimate of drug-likeness (QED) is 0.557. The second kappa shape index (κ2) is 7.18. The monoisotopic (exact) mass is 354 g/mol. The zero-order chi connectivity index (χ0) is 17.8. The third-order valence-corrected chi connectivity index (χ3v) is 4.53. The number of rotatable bonds is 5. The van der Waals surface area contributed by atoms with Crippen LogP contribution in [0.5, 0.6) is 0 Å². The zero-order valence-corrected chi connectivity index (χ0v) is 14.1. The molecule has 8 heteroatoms. The molecule has 1 heterocycles. The maximum atomic E-state index is 12.3. The summed E-state index contributed by atoms with van der Waals surface area (Å²) in [4.78, 5) is 28.0. The SMILES string of the molecule is Cn1ccnc1Sc1ccc(NC(=O)c2ccccc2[N+](=O)[O-])cc1. The number of para-hydroxylation sites is 1. The third kappa shape index (κ3) is 3.86. The lowest BCUT2D eigenvalue weighted by Gasteiger charge is -2.07. The minimum absolute atomic E-state index is 0.0268. The summed E-state index contributed by atoms with van der Waals surface area (Å²) >= 11 is 1.50. The molecule has 126 valence electrons. The molecule has 0 aliphatic rings. The molecule has 1 N–H and O–H groups in total. The fourth-order valence-corrected chi connectivity index (χ4v) is 2.99. The summed E-state index contributed by atoms with van der Waals surface area (Å²) in [6.45, 7) is 0. The van der Waals surface area contributed by atoms with Gasteiger partial charge in [0.2, 0.25) is 0 Å². The molecule has 1 aromatic heterocycles. The van der Waals surface area contributed by atoms with Gasteiger partial charge in [0.05, 0.1) is 4.92 Å². The average molecular weight is 354 g/mol. The van der Waals surface area contributed by atoms with E-state index in [1.54, 1.807) is 24.4 Å². The molecule has 0 saturated heterocycles. The highest BCUT2D eigenvalue weighted by atomic mass is 32.2. The fourth-order valence-electron chi connectivity index (χ4n) is 2.19. The number of imidazole rings is 1. The molecule has 0 bridgehead atoms. The van der Waals surface area contributed by atoms with Crippen molar-refractivity contribution in [1.82, 2.24) is 9.55 Å². The molecule has 1 amide bonds. The van der Waals surface area contributed by atoms with E-state index in [1.165, 1.54) is 30.0 Å². The van der Waals surface area contributed by atoms with Crippen LogP contribution in [0, 0.1) is 10.1 Å². The van der Waals surface area contributed by atoms with Crippen LogP contribution in [0.2, 0.25) is 0 Å². The Balaban J connectivity index is 1.72. The average Bonchev–Trinajstić information content (AvgIpc) is 3.01. The molecule has 0 radical (unpaired) electrons. The summed E-state index contributed by atoms with van der Waals surface area (Å²) in [7, 11) is 1.91. The van der Waals surface area contributed by atoms with Gasteiger partial charge in [-0.15, -0.1) is 0 Å². The molecule has 25 heavy (non-hydrogen) atoms. The van der Waals surface area contributed by atoms with Crippen LogP contribution in [0.15, 0.2) is 71.0 Å². The molecular formula is C17H14N4O3S. The largest absolute Gasteiger partial charge is 0.329 e. The van der Waals surface area contributed by atoms with E-state index >= 15 is 0 Å². The van der Waals surface area contributed by atoms with E-state index in [9.17, 15) is 14.9 Å². The van der Waals surface area contributed by atoms with Gasteiger partial charge in [0, 0.05) is 36.1 Å². The summed E-state index contributed by atoms with van der Waals surface area (Å²) in [6, 6.07) is 13.1. The summed E-state index contributed by atoms with van der Waals surface area (Å²) in [5, 5.41) is 14.6. The van der Waals surface area contributed by atoms with Crippen LogP contribution < -0.4 is 5.32 Å². The number of anilines is 1. The molecule has 0 atom stereocenters. The number of hydrogen-bond donors (Lipinski definition) is 1. The summed E-state index contributed by atoms with van der Waals surface area (Å²) in [5.41, 5.74) is 0.369. The molecule has 0 fully saturated rings. The number of nitrogens with one attached hydrogen (secondary N) is 1. The Bertz CT molecular complexity index is 922. The Hall–Kier alpha value is -3.13. The smallest absolute Gasteiger partial charge is 0.282 e. The number of nitrogens with zero attached hydrogens (tertiary/aromatic N) is 3. The van der Waals surface area contributed by atoms with E-state index in [2.05, 4.69) is 10.3 Å². The first-order chi connectivity index (χ1) is 12.0. The Kier molecular flexibility index (Phi) is 4.80. The number of benzene rings is 2. The number of nitro groups is 1. The lowest BCUT2D eigenvalue weighted by molar-refractivity contribution is -0.385. The zero-order valence-electron chi connectivity index (χ0n) is 13.2. The van der Waals surface area contributed by atoms with Crippen LogP contribution in [0.1, 0.15) is 10.4 Å². The first-order valence-corrected chi connectivity index (χ1v) is 8.16. The van der Waals surface area contributed by atoms with E-state index in [0.717, 1.165) is 10.1 Å². The first kappa shape index (κ1) is 16.7. The van der Waals surface area contributed by atoms with Gasteiger partial charge in [-0.3, -0.25) is 14.9 Å². The molecule has 7 nitrogen and oxygen atoms in total. The van der Waals surface area contributed by atoms with Crippen molar-refractivity contribution in [3.63, 3.8) is 0 Å². The highest BCUT2D eigenvalue weighted by molar-refractivity contribution is 7.99. The summed E-state index contributed by atoms with van der Waals surface area (Å²) in [5.74, 6) is -0.517. The van der Waals surface area contributed by atoms with Gasteiger partial charge >= 0.3 is 0 Å². The molecule has 3 rings (SSSR count). The van der Waals surface area contributed by atoms with Crippen molar-refractivity contribution in [2.45, 2.75) is 10.1 Å². The maximum absolute atomic E-state index is 12.3. The van der Waals surface area contributed by atoms with Crippen molar-refractivity contribution in [1.29, 1.82) is 0 Å². The molecule has 0 saturated carbocycles. The highest BCUT2D eigenvalue weighted by Crippen LogP contribution is 2.27. The lowest BCUT2D eigenvalue weighted by Crippen LogP contribution is -2.13.